The van der Waals surface area contributed by atoms with Crippen molar-refractivity contribution in [1.29, 1.82) is 0 Å². The second kappa shape index (κ2) is 7.22. The van der Waals surface area contributed by atoms with Crippen LogP contribution in [0.4, 0.5) is 0 Å². The number of aromatic nitrogens is 4. The van der Waals surface area contributed by atoms with Crippen LogP contribution < -0.4 is 5.32 Å². The van der Waals surface area contributed by atoms with Crippen LogP contribution in [0.3, 0.4) is 0 Å². The number of aryl methyl sites for hydroxylation is 1. The summed E-state index contributed by atoms with van der Waals surface area (Å²) in [6.45, 7) is 1.94. The first-order valence-corrected chi connectivity index (χ1v) is 8.25. The Kier molecular flexibility index (Phi) is 5.58. The van der Waals surface area contributed by atoms with E-state index in [1.165, 1.54) is 7.11 Å². The number of nitrogens with zero attached hydrogens (tertiary/aromatic N) is 4. The number of rotatable bonds is 9. The van der Waals surface area contributed by atoms with Gasteiger partial charge in [0.25, 0.3) is 0 Å². The molecule has 0 amide bonds. The molecular formula is C13H23N5O2S. The maximum absolute atomic E-state index is 12.0. The van der Waals surface area contributed by atoms with Gasteiger partial charge in [0.05, 0.1) is 7.11 Å². The predicted molar refractivity (Wildman–Crippen MR) is 80.0 cm³/mol. The van der Waals surface area contributed by atoms with Crippen LogP contribution in [0.1, 0.15) is 39.0 Å². The van der Waals surface area contributed by atoms with Gasteiger partial charge in [-0.15, -0.1) is 5.10 Å². The molecule has 1 atom stereocenters. The Morgan fingerprint density at radius 2 is 2.29 bits per heavy atom. The third kappa shape index (κ3) is 4.67. The smallest absolute Gasteiger partial charge is 0.325 e. The molecule has 0 radical (unpaired) electrons. The Morgan fingerprint density at radius 1 is 1.52 bits per heavy atom. The second-order valence-corrected chi connectivity index (χ2v) is 6.70. The molecule has 0 bridgehead atoms. The zero-order valence-corrected chi connectivity index (χ0v) is 13.7. The average Bonchev–Trinajstić information content (AvgIpc) is 3.18. The molecule has 1 saturated carbocycles. The molecule has 2 rings (SSSR count). The van der Waals surface area contributed by atoms with Crippen molar-refractivity contribution < 1.29 is 9.53 Å². The van der Waals surface area contributed by atoms with Crippen LogP contribution >= 0.6 is 11.8 Å². The van der Waals surface area contributed by atoms with Crippen LogP contribution in [-0.2, 0) is 16.6 Å². The van der Waals surface area contributed by atoms with Crippen molar-refractivity contribution in [3.8, 4) is 0 Å². The summed E-state index contributed by atoms with van der Waals surface area (Å²) in [7, 11) is 3.28. The summed E-state index contributed by atoms with van der Waals surface area (Å²) in [6, 6.07) is 0.480. The first-order chi connectivity index (χ1) is 10.0. The SMILES string of the molecule is COC(=O)C(C)(CCCCSc1nnnn1C)NC1CC1. The molecule has 1 N–H and O–H groups in total. The normalized spacial score (nSPS) is 17.5. The van der Waals surface area contributed by atoms with Crippen LogP contribution in [0, 0.1) is 0 Å². The number of thioether (sulfide) groups is 1. The lowest BCUT2D eigenvalue weighted by Gasteiger charge is -2.28. The predicted octanol–water partition coefficient (Wildman–Crippen LogP) is 1.16. The molecule has 1 aromatic rings. The first kappa shape index (κ1) is 16.2. The van der Waals surface area contributed by atoms with E-state index in [9.17, 15) is 4.79 Å². The van der Waals surface area contributed by atoms with Gasteiger partial charge in [0.1, 0.15) is 5.54 Å². The fourth-order valence-corrected chi connectivity index (χ4v) is 3.07. The molecule has 1 aliphatic carbocycles. The fraction of sp³-hybridized carbons (Fsp3) is 0.846. The number of esters is 1. The number of carbonyl (C=O) groups excluding carboxylic acids is 1. The number of hydrogen-bond acceptors (Lipinski definition) is 7. The lowest BCUT2D eigenvalue weighted by molar-refractivity contribution is -0.148. The van der Waals surface area contributed by atoms with Crippen LogP contribution in [0.5, 0.6) is 0 Å². The van der Waals surface area contributed by atoms with E-state index in [4.69, 9.17) is 4.74 Å². The standard InChI is InChI=1S/C13H23N5O2S/c1-13(11(19)20-3,14-10-6-7-10)8-4-5-9-21-12-15-16-17-18(12)2/h10,14H,4-9H2,1-3H3. The topological polar surface area (TPSA) is 81.9 Å². The molecule has 7 nitrogen and oxygen atoms in total. The number of methoxy groups -OCH3 is 1. The van der Waals surface area contributed by atoms with Crippen molar-refractivity contribution in [1.82, 2.24) is 25.5 Å². The van der Waals surface area contributed by atoms with Gasteiger partial charge in [-0.05, 0) is 43.0 Å². The molecule has 1 unspecified atom stereocenters. The van der Waals surface area contributed by atoms with E-state index >= 15 is 0 Å². The molecule has 1 aliphatic rings. The van der Waals surface area contributed by atoms with Crippen LogP contribution in [0.15, 0.2) is 5.16 Å². The average molecular weight is 313 g/mol. The number of tetrazole rings is 1. The number of carbonyl (C=O) groups is 1. The zero-order valence-electron chi connectivity index (χ0n) is 12.8. The Morgan fingerprint density at radius 3 is 2.86 bits per heavy atom. The van der Waals surface area contributed by atoms with Crippen molar-refractivity contribution >= 4 is 17.7 Å². The summed E-state index contributed by atoms with van der Waals surface area (Å²) in [5, 5.41) is 15.6. The van der Waals surface area contributed by atoms with E-state index < -0.39 is 5.54 Å². The summed E-state index contributed by atoms with van der Waals surface area (Å²) < 4.78 is 6.60. The van der Waals surface area contributed by atoms with Crippen molar-refractivity contribution in [3.05, 3.63) is 0 Å². The van der Waals surface area contributed by atoms with E-state index in [1.807, 2.05) is 14.0 Å². The molecule has 1 heterocycles. The molecule has 0 aliphatic heterocycles. The summed E-state index contributed by atoms with van der Waals surface area (Å²) in [5.41, 5.74) is -0.563. The quantitative estimate of drug-likeness (QED) is 0.416. The molecule has 21 heavy (non-hydrogen) atoms. The molecule has 0 spiro atoms. The summed E-state index contributed by atoms with van der Waals surface area (Å²) >= 11 is 1.63. The monoisotopic (exact) mass is 313 g/mol. The molecule has 1 aromatic heterocycles. The van der Waals surface area contributed by atoms with Crippen molar-refractivity contribution in [3.63, 3.8) is 0 Å². The molecule has 0 aromatic carbocycles. The number of ether oxygens (including phenoxy) is 1. The summed E-state index contributed by atoms with van der Waals surface area (Å²) in [6.07, 6.45) is 5.07. The molecular weight excluding hydrogens is 290 g/mol. The lowest BCUT2D eigenvalue weighted by atomic mass is 9.95. The molecule has 0 saturated heterocycles. The van der Waals surface area contributed by atoms with E-state index in [0.29, 0.717) is 6.04 Å². The van der Waals surface area contributed by atoms with E-state index in [-0.39, 0.29) is 5.97 Å². The van der Waals surface area contributed by atoms with Gasteiger partial charge in [0.2, 0.25) is 5.16 Å². The van der Waals surface area contributed by atoms with Crippen molar-refractivity contribution in [2.45, 2.75) is 55.8 Å². The minimum atomic E-state index is -0.563. The van der Waals surface area contributed by atoms with Gasteiger partial charge in [-0.1, -0.05) is 18.2 Å². The highest BCUT2D eigenvalue weighted by atomic mass is 32.2. The Labute approximate surface area is 129 Å². The van der Waals surface area contributed by atoms with Gasteiger partial charge >= 0.3 is 5.97 Å². The largest absolute Gasteiger partial charge is 0.468 e. The van der Waals surface area contributed by atoms with Gasteiger partial charge in [-0.2, -0.15) is 0 Å². The molecule has 8 heteroatoms. The van der Waals surface area contributed by atoms with Crippen LogP contribution in [-0.4, -0.2) is 50.6 Å². The van der Waals surface area contributed by atoms with Gasteiger partial charge in [0.15, 0.2) is 0 Å². The van der Waals surface area contributed by atoms with Crippen LogP contribution in [0.2, 0.25) is 0 Å². The maximum Gasteiger partial charge on any atom is 0.325 e. The minimum absolute atomic E-state index is 0.167. The Hall–Kier alpha value is -1.15. The Bertz CT molecular complexity index is 477. The molecule has 118 valence electrons. The maximum atomic E-state index is 12.0. The second-order valence-electron chi connectivity index (χ2n) is 5.63. The van der Waals surface area contributed by atoms with Gasteiger partial charge in [-0.3, -0.25) is 10.1 Å². The number of unbranched alkanes of at least 4 members (excludes halogenated alkanes) is 1. The minimum Gasteiger partial charge on any atom is -0.468 e. The van der Waals surface area contributed by atoms with E-state index in [2.05, 4.69) is 20.8 Å². The third-order valence-corrected chi connectivity index (χ3v) is 4.72. The number of hydrogen-bond donors (Lipinski definition) is 1. The molecule has 1 fully saturated rings. The third-order valence-electron chi connectivity index (χ3n) is 3.62. The van der Waals surface area contributed by atoms with E-state index in [0.717, 1.165) is 43.0 Å². The highest BCUT2D eigenvalue weighted by Gasteiger charge is 2.38. The first-order valence-electron chi connectivity index (χ1n) is 7.26. The zero-order chi connectivity index (χ0) is 15.3. The lowest BCUT2D eigenvalue weighted by Crippen LogP contribution is -2.51. The van der Waals surface area contributed by atoms with E-state index in [1.54, 1.807) is 16.4 Å². The highest BCUT2D eigenvalue weighted by molar-refractivity contribution is 7.99. The summed E-state index contributed by atoms with van der Waals surface area (Å²) in [4.78, 5) is 12.0. The van der Waals surface area contributed by atoms with Crippen LogP contribution in [0.25, 0.3) is 0 Å². The van der Waals surface area contributed by atoms with Gasteiger partial charge in [0, 0.05) is 18.8 Å². The highest BCUT2D eigenvalue weighted by Crippen LogP contribution is 2.26. The fourth-order valence-electron chi connectivity index (χ4n) is 2.22. The van der Waals surface area contributed by atoms with Crippen molar-refractivity contribution in [2.24, 2.45) is 7.05 Å². The number of nitrogens with one attached hydrogen (secondary N) is 1. The van der Waals surface area contributed by atoms with Crippen molar-refractivity contribution in [2.75, 3.05) is 12.9 Å². The summed E-state index contributed by atoms with van der Waals surface area (Å²) in [5.74, 6) is 0.772. The Balaban J connectivity index is 1.71. The van der Waals surface area contributed by atoms with Gasteiger partial charge < -0.3 is 4.74 Å². The van der Waals surface area contributed by atoms with Gasteiger partial charge in [-0.25, -0.2) is 4.68 Å².